The zero-order valence-electron chi connectivity index (χ0n) is 15.3. The van der Waals surface area contributed by atoms with Crippen molar-refractivity contribution in [3.63, 3.8) is 0 Å². The summed E-state index contributed by atoms with van der Waals surface area (Å²) in [5.74, 6) is 0.939. The van der Waals surface area contributed by atoms with E-state index in [0.29, 0.717) is 6.04 Å². The predicted octanol–water partition coefficient (Wildman–Crippen LogP) is 2.79. The lowest BCUT2D eigenvalue weighted by atomic mass is 9.99. The molecule has 0 bridgehead atoms. The molecule has 0 saturated carbocycles. The van der Waals surface area contributed by atoms with Gasteiger partial charge in [0.05, 0.1) is 5.00 Å². The number of piperidine rings is 1. The molecule has 0 aliphatic carbocycles. The summed E-state index contributed by atoms with van der Waals surface area (Å²) < 4.78 is 5.81. The number of thioether (sulfide) groups is 1. The molecule has 5 nitrogen and oxygen atoms in total. The van der Waals surface area contributed by atoms with Crippen LogP contribution in [0.2, 0.25) is 0 Å². The maximum Gasteiger partial charge on any atom is 0.191 e. The molecule has 0 unspecified atom stereocenters. The summed E-state index contributed by atoms with van der Waals surface area (Å²) in [5.41, 5.74) is 0. The van der Waals surface area contributed by atoms with E-state index in [-0.39, 0.29) is 4.75 Å². The number of nitrogens with zero attached hydrogens (tertiary/aromatic N) is 2. The first-order valence-corrected chi connectivity index (χ1v) is 11.2. The van der Waals surface area contributed by atoms with Crippen LogP contribution in [0.4, 0.5) is 5.00 Å². The Morgan fingerprint density at radius 2 is 2.16 bits per heavy atom. The highest BCUT2D eigenvalue weighted by Gasteiger charge is 2.32. The fraction of sp³-hybridized carbons (Fsp3) is 0.722. The van der Waals surface area contributed by atoms with Gasteiger partial charge in [0, 0.05) is 50.7 Å². The molecule has 0 amide bonds. The van der Waals surface area contributed by atoms with Crippen LogP contribution in [0.25, 0.3) is 0 Å². The van der Waals surface area contributed by atoms with Crippen molar-refractivity contribution >= 4 is 34.1 Å². The first-order chi connectivity index (χ1) is 12.2. The molecule has 0 atom stereocenters. The Morgan fingerprint density at radius 3 is 2.76 bits per heavy atom. The summed E-state index contributed by atoms with van der Waals surface area (Å²) in [5, 5.41) is 10.7. The van der Waals surface area contributed by atoms with Crippen LogP contribution in [0.3, 0.4) is 0 Å². The molecule has 2 saturated heterocycles. The third kappa shape index (κ3) is 5.05. The van der Waals surface area contributed by atoms with Crippen LogP contribution >= 0.6 is 23.1 Å². The molecule has 0 spiro atoms. The van der Waals surface area contributed by atoms with E-state index in [4.69, 9.17) is 4.74 Å². The van der Waals surface area contributed by atoms with E-state index < -0.39 is 0 Å². The van der Waals surface area contributed by atoms with Gasteiger partial charge in [-0.1, -0.05) is 0 Å². The Morgan fingerprint density at radius 1 is 1.40 bits per heavy atom. The van der Waals surface area contributed by atoms with Crippen molar-refractivity contribution in [2.45, 2.75) is 36.5 Å². The van der Waals surface area contributed by atoms with E-state index in [1.165, 1.54) is 5.00 Å². The Kier molecular flexibility index (Phi) is 6.90. The zero-order valence-corrected chi connectivity index (χ0v) is 16.9. The van der Waals surface area contributed by atoms with Crippen LogP contribution in [0.5, 0.6) is 0 Å². The minimum Gasteiger partial charge on any atom is -0.381 e. The predicted molar refractivity (Wildman–Crippen MR) is 110 cm³/mol. The third-order valence-corrected chi connectivity index (χ3v) is 7.64. The van der Waals surface area contributed by atoms with E-state index in [9.17, 15) is 0 Å². The minimum absolute atomic E-state index is 0.276. The summed E-state index contributed by atoms with van der Waals surface area (Å²) in [6.07, 6.45) is 6.73. The van der Waals surface area contributed by atoms with Crippen molar-refractivity contribution < 1.29 is 4.74 Å². The van der Waals surface area contributed by atoms with Crippen LogP contribution in [-0.2, 0) is 4.74 Å². The molecule has 3 rings (SSSR count). The van der Waals surface area contributed by atoms with Gasteiger partial charge < -0.3 is 20.3 Å². The van der Waals surface area contributed by atoms with Crippen molar-refractivity contribution in [2.24, 2.45) is 4.99 Å². The Balaban J connectivity index is 1.45. The normalized spacial score (nSPS) is 22.0. The fourth-order valence-corrected chi connectivity index (χ4v) is 5.10. The second-order valence-corrected chi connectivity index (χ2v) is 8.98. The highest BCUT2D eigenvalue weighted by atomic mass is 32.2. The van der Waals surface area contributed by atoms with E-state index in [1.807, 2.05) is 30.1 Å². The molecule has 2 aliphatic rings. The molecule has 2 aliphatic heterocycles. The second-order valence-electron chi connectivity index (χ2n) is 6.78. The lowest BCUT2D eigenvalue weighted by molar-refractivity contribution is 0.0782. The monoisotopic (exact) mass is 382 g/mol. The number of nitrogens with one attached hydrogen (secondary N) is 2. The van der Waals surface area contributed by atoms with E-state index in [0.717, 1.165) is 64.5 Å². The molecule has 0 aromatic carbocycles. The van der Waals surface area contributed by atoms with Crippen LogP contribution in [-0.4, -0.2) is 62.9 Å². The molecule has 2 N–H and O–H groups in total. The summed E-state index contributed by atoms with van der Waals surface area (Å²) in [4.78, 5) is 6.93. The maximum atomic E-state index is 5.53. The van der Waals surface area contributed by atoms with Gasteiger partial charge in [-0.15, -0.1) is 11.3 Å². The molecule has 140 valence electrons. The van der Waals surface area contributed by atoms with Gasteiger partial charge in [0.1, 0.15) is 0 Å². The molecular formula is C18H30N4OS2. The van der Waals surface area contributed by atoms with E-state index >= 15 is 0 Å². The van der Waals surface area contributed by atoms with Gasteiger partial charge in [0.2, 0.25) is 0 Å². The summed E-state index contributed by atoms with van der Waals surface area (Å²) in [7, 11) is 1.87. The Labute approximate surface area is 159 Å². The molecule has 25 heavy (non-hydrogen) atoms. The molecule has 7 heteroatoms. The first-order valence-electron chi connectivity index (χ1n) is 9.13. The molecule has 1 aromatic heterocycles. The van der Waals surface area contributed by atoms with Crippen molar-refractivity contribution in [2.75, 3.05) is 51.1 Å². The van der Waals surface area contributed by atoms with Crippen LogP contribution in [0.1, 0.15) is 25.7 Å². The highest BCUT2D eigenvalue weighted by Crippen LogP contribution is 2.33. The summed E-state index contributed by atoms with van der Waals surface area (Å²) in [6.45, 7) is 4.92. The van der Waals surface area contributed by atoms with Gasteiger partial charge in [0.15, 0.2) is 5.96 Å². The van der Waals surface area contributed by atoms with Gasteiger partial charge in [-0.25, -0.2) is 0 Å². The molecule has 1 aromatic rings. The summed E-state index contributed by atoms with van der Waals surface area (Å²) in [6, 6.07) is 4.85. The second kappa shape index (κ2) is 9.14. The number of hydrogen-bond acceptors (Lipinski definition) is 5. The smallest absolute Gasteiger partial charge is 0.191 e. The Hall–Kier alpha value is -0.920. The maximum absolute atomic E-state index is 5.53. The number of thiophene rings is 1. The number of aliphatic imine (C=N–C) groups is 1. The van der Waals surface area contributed by atoms with Crippen molar-refractivity contribution in [3.8, 4) is 0 Å². The van der Waals surface area contributed by atoms with Gasteiger partial charge in [-0.2, -0.15) is 11.8 Å². The lowest BCUT2D eigenvalue weighted by Gasteiger charge is -2.37. The standard InChI is InChI=1S/C18H30N4OS2/c1-19-17(20-14-18(24-2)7-11-23-12-8-18)21-15-5-9-22(10-6-15)16-4-3-13-25-16/h3-4,13,15H,5-12,14H2,1-2H3,(H2,19,20,21). The minimum atomic E-state index is 0.276. The van der Waals surface area contributed by atoms with Crippen LogP contribution in [0.15, 0.2) is 22.5 Å². The van der Waals surface area contributed by atoms with E-state index in [1.54, 1.807) is 0 Å². The first kappa shape index (κ1) is 18.9. The number of anilines is 1. The average Bonchev–Trinajstić information content (AvgIpc) is 3.21. The van der Waals surface area contributed by atoms with Crippen molar-refractivity contribution in [1.82, 2.24) is 10.6 Å². The lowest BCUT2D eigenvalue weighted by Crippen LogP contribution is -2.52. The largest absolute Gasteiger partial charge is 0.381 e. The topological polar surface area (TPSA) is 48.9 Å². The highest BCUT2D eigenvalue weighted by molar-refractivity contribution is 8.00. The molecule has 3 heterocycles. The van der Waals surface area contributed by atoms with Gasteiger partial charge in [0.25, 0.3) is 0 Å². The van der Waals surface area contributed by atoms with Crippen LogP contribution < -0.4 is 15.5 Å². The zero-order chi connectivity index (χ0) is 17.5. The molecular weight excluding hydrogens is 352 g/mol. The quantitative estimate of drug-likeness (QED) is 0.606. The SMILES string of the molecule is CN=C(NCC1(SC)CCOCC1)NC1CCN(c2cccs2)CC1. The van der Waals surface area contributed by atoms with Gasteiger partial charge >= 0.3 is 0 Å². The van der Waals surface area contributed by atoms with Crippen LogP contribution in [0, 0.1) is 0 Å². The molecule has 2 fully saturated rings. The van der Waals surface area contributed by atoms with E-state index in [2.05, 4.69) is 44.3 Å². The fourth-order valence-electron chi connectivity index (χ4n) is 3.52. The molecule has 0 radical (unpaired) electrons. The van der Waals surface area contributed by atoms with Gasteiger partial charge in [-0.3, -0.25) is 4.99 Å². The van der Waals surface area contributed by atoms with Crippen molar-refractivity contribution in [1.29, 1.82) is 0 Å². The van der Waals surface area contributed by atoms with Gasteiger partial charge in [-0.05, 0) is 49.5 Å². The number of guanidine groups is 1. The number of ether oxygens (including phenoxy) is 1. The van der Waals surface area contributed by atoms with Crippen molar-refractivity contribution in [3.05, 3.63) is 17.5 Å². The summed E-state index contributed by atoms with van der Waals surface area (Å²) >= 11 is 3.79. The Bertz CT molecular complexity index is 535. The average molecular weight is 383 g/mol. The third-order valence-electron chi connectivity index (χ3n) is 5.29. The number of hydrogen-bond donors (Lipinski definition) is 2. The number of rotatable bonds is 5.